The molecule has 1 aliphatic heterocycles. The van der Waals surface area contributed by atoms with Crippen LogP contribution in [-0.4, -0.2) is 45.5 Å². The van der Waals surface area contributed by atoms with Crippen LogP contribution in [0.25, 0.3) is 0 Å². The standard InChI is InChI=1S/C17H24N4O4S2/c1-14-13-15(2)20(19-14)11-9-18-27(24,25)17-7-5-16(6-8-17)21-10-3-4-12-26(21,22)23/h5-8,13,18H,3-4,9-12H2,1-2H3. The molecule has 1 aliphatic rings. The summed E-state index contributed by atoms with van der Waals surface area (Å²) in [6.07, 6.45) is 1.46. The molecule has 0 amide bonds. The Kier molecular flexibility index (Phi) is 5.59. The first-order valence-electron chi connectivity index (χ1n) is 8.80. The van der Waals surface area contributed by atoms with Crippen LogP contribution in [0.4, 0.5) is 5.69 Å². The lowest BCUT2D eigenvalue weighted by atomic mass is 10.3. The van der Waals surface area contributed by atoms with Crippen molar-refractivity contribution in [3.63, 3.8) is 0 Å². The fraction of sp³-hybridized carbons (Fsp3) is 0.471. The van der Waals surface area contributed by atoms with E-state index >= 15 is 0 Å². The van der Waals surface area contributed by atoms with Gasteiger partial charge in [-0.25, -0.2) is 21.6 Å². The van der Waals surface area contributed by atoms with E-state index < -0.39 is 20.0 Å². The third kappa shape index (κ3) is 4.50. The Bertz CT molecular complexity index is 1010. The monoisotopic (exact) mass is 412 g/mol. The number of benzene rings is 1. The number of rotatable bonds is 6. The van der Waals surface area contributed by atoms with Crippen LogP contribution in [0.1, 0.15) is 24.2 Å². The van der Waals surface area contributed by atoms with Gasteiger partial charge in [0, 0.05) is 18.8 Å². The summed E-state index contributed by atoms with van der Waals surface area (Å²) in [4.78, 5) is 0.106. The first kappa shape index (κ1) is 19.8. The highest BCUT2D eigenvalue weighted by atomic mass is 32.2. The van der Waals surface area contributed by atoms with Crippen LogP contribution < -0.4 is 9.03 Å². The molecule has 0 radical (unpaired) electrons. The van der Waals surface area contributed by atoms with Gasteiger partial charge in [-0.05, 0) is 57.0 Å². The second-order valence-corrected chi connectivity index (χ2v) is 10.4. The maximum absolute atomic E-state index is 12.5. The number of anilines is 1. The minimum Gasteiger partial charge on any atom is -0.270 e. The second kappa shape index (κ2) is 7.61. The molecule has 0 unspecified atom stereocenters. The number of aryl methyl sites for hydroxylation is 2. The third-order valence-corrected chi connectivity index (χ3v) is 7.85. The number of nitrogens with one attached hydrogen (secondary N) is 1. The number of nitrogens with zero attached hydrogens (tertiary/aromatic N) is 3. The van der Waals surface area contributed by atoms with Gasteiger partial charge in [0.2, 0.25) is 20.0 Å². The lowest BCUT2D eigenvalue weighted by molar-refractivity contribution is 0.554. The van der Waals surface area contributed by atoms with E-state index in [-0.39, 0.29) is 17.2 Å². The van der Waals surface area contributed by atoms with Gasteiger partial charge >= 0.3 is 0 Å². The molecule has 1 saturated heterocycles. The van der Waals surface area contributed by atoms with Crippen LogP contribution >= 0.6 is 0 Å². The van der Waals surface area contributed by atoms with E-state index in [1.54, 1.807) is 16.8 Å². The summed E-state index contributed by atoms with van der Waals surface area (Å²) in [6, 6.07) is 7.88. The van der Waals surface area contributed by atoms with Gasteiger partial charge in [0.25, 0.3) is 0 Å². The highest BCUT2D eigenvalue weighted by molar-refractivity contribution is 7.92. The molecule has 0 spiro atoms. The molecule has 2 heterocycles. The second-order valence-electron chi connectivity index (χ2n) is 6.64. The first-order valence-corrected chi connectivity index (χ1v) is 11.9. The smallest absolute Gasteiger partial charge is 0.240 e. The molecule has 2 aromatic rings. The van der Waals surface area contributed by atoms with E-state index in [2.05, 4.69) is 9.82 Å². The average Bonchev–Trinajstić information content (AvgIpc) is 2.92. The summed E-state index contributed by atoms with van der Waals surface area (Å²) < 4.78 is 54.9. The summed E-state index contributed by atoms with van der Waals surface area (Å²) in [6.45, 7) is 4.88. The fourth-order valence-corrected chi connectivity index (χ4v) is 5.80. The van der Waals surface area contributed by atoms with Crippen molar-refractivity contribution < 1.29 is 16.8 Å². The summed E-state index contributed by atoms with van der Waals surface area (Å²) in [5, 5.41) is 4.30. The van der Waals surface area contributed by atoms with Crippen LogP contribution in [0, 0.1) is 13.8 Å². The summed E-state index contributed by atoms with van der Waals surface area (Å²) in [5.41, 5.74) is 2.36. The molecule has 1 aromatic carbocycles. The summed E-state index contributed by atoms with van der Waals surface area (Å²) in [7, 11) is -6.99. The van der Waals surface area contributed by atoms with E-state index in [1.807, 2.05) is 19.9 Å². The lowest BCUT2D eigenvalue weighted by Gasteiger charge is -2.28. The highest BCUT2D eigenvalue weighted by Crippen LogP contribution is 2.24. The predicted molar refractivity (Wildman–Crippen MR) is 104 cm³/mol. The molecular formula is C17H24N4O4S2. The van der Waals surface area contributed by atoms with Crippen LogP contribution in [0.3, 0.4) is 0 Å². The Labute approximate surface area is 160 Å². The number of sulfonamides is 2. The SMILES string of the molecule is Cc1cc(C)n(CCNS(=O)(=O)c2ccc(N3CCCCS3(=O)=O)cc2)n1. The third-order valence-electron chi connectivity index (χ3n) is 4.50. The van der Waals surface area contributed by atoms with Gasteiger partial charge in [-0.15, -0.1) is 0 Å². The molecule has 3 rings (SSSR count). The van der Waals surface area contributed by atoms with Crippen LogP contribution in [-0.2, 0) is 26.6 Å². The van der Waals surface area contributed by atoms with Crippen LogP contribution in [0.15, 0.2) is 35.2 Å². The Hall–Kier alpha value is -1.91. The van der Waals surface area contributed by atoms with E-state index in [0.29, 0.717) is 25.2 Å². The Morgan fingerprint density at radius 1 is 1.15 bits per heavy atom. The predicted octanol–water partition coefficient (Wildman–Crippen LogP) is 1.41. The number of aromatic nitrogens is 2. The first-order chi connectivity index (χ1) is 12.7. The van der Waals surface area contributed by atoms with Crippen molar-refractivity contribution in [2.75, 3.05) is 23.1 Å². The Morgan fingerprint density at radius 3 is 2.44 bits per heavy atom. The molecule has 0 aliphatic carbocycles. The van der Waals surface area contributed by atoms with Crippen molar-refractivity contribution in [1.82, 2.24) is 14.5 Å². The van der Waals surface area contributed by atoms with E-state index in [0.717, 1.165) is 17.8 Å². The molecule has 148 valence electrons. The van der Waals surface area contributed by atoms with Gasteiger partial charge in [-0.3, -0.25) is 8.99 Å². The zero-order valence-corrected chi connectivity index (χ0v) is 17.1. The fourth-order valence-electron chi connectivity index (χ4n) is 3.14. The molecular weight excluding hydrogens is 388 g/mol. The minimum absolute atomic E-state index is 0.106. The number of hydrogen-bond acceptors (Lipinski definition) is 5. The molecule has 0 atom stereocenters. The summed E-state index contributed by atoms with van der Waals surface area (Å²) in [5.74, 6) is 0.126. The average molecular weight is 413 g/mol. The van der Waals surface area contributed by atoms with Crippen molar-refractivity contribution in [1.29, 1.82) is 0 Å². The van der Waals surface area contributed by atoms with E-state index in [4.69, 9.17) is 0 Å². The van der Waals surface area contributed by atoms with Gasteiger partial charge < -0.3 is 0 Å². The zero-order valence-electron chi connectivity index (χ0n) is 15.4. The van der Waals surface area contributed by atoms with Crippen molar-refractivity contribution in [2.24, 2.45) is 0 Å². The molecule has 1 fully saturated rings. The van der Waals surface area contributed by atoms with Crippen molar-refractivity contribution in [3.05, 3.63) is 41.7 Å². The van der Waals surface area contributed by atoms with Gasteiger partial charge in [-0.2, -0.15) is 5.10 Å². The molecule has 0 bridgehead atoms. The van der Waals surface area contributed by atoms with E-state index in [9.17, 15) is 16.8 Å². The van der Waals surface area contributed by atoms with Crippen molar-refractivity contribution in [2.45, 2.75) is 38.1 Å². The van der Waals surface area contributed by atoms with Crippen molar-refractivity contribution >= 4 is 25.7 Å². The number of hydrogen-bond donors (Lipinski definition) is 1. The van der Waals surface area contributed by atoms with Gasteiger partial charge in [-0.1, -0.05) is 0 Å². The molecule has 10 heteroatoms. The summed E-state index contributed by atoms with van der Waals surface area (Å²) >= 11 is 0. The molecule has 8 nitrogen and oxygen atoms in total. The quantitative estimate of drug-likeness (QED) is 0.773. The van der Waals surface area contributed by atoms with Crippen LogP contribution in [0.2, 0.25) is 0 Å². The largest absolute Gasteiger partial charge is 0.270 e. The Morgan fingerprint density at radius 2 is 1.85 bits per heavy atom. The topological polar surface area (TPSA) is 101 Å². The molecule has 1 N–H and O–H groups in total. The maximum atomic E-state index is 12.5. The lowest BCUT2D eigenvalue weighted by Crippen LogP contribution is -2.37. The van der Waals surface area contributed by atoms with Crippen molar-refractivity contribution in [3.8, 4) is 0 Å². The van der Waals surface area contributed by atoms with Gasteiger partial charge in [0.1, 0.15) is 0 Å². The van der Waals surface area contributed by atoms with Crippen LogP contribution in [0.5, 0.6) is 0 Å². The zero-order chi connectivity index (χ0) is 19.7. The molecule has 27 heavy (non-hydrogen) atoms. The molecule has 1 aromatic heterocycles. The Balaban J connectivity index is 1.67. The van der Waals surface area contributed by atoms with Gasteiger partial charge in [0.05, 0.1) is 28.6 Å². The van der Waals surface area contributed by atoms with Gasteiger partial charge in [0.15, 0.2) is 0 Å². The highest BCUT2D eigenvalue weighted by Gasteiger charge is 2.26. The minimum atomic E-state index is -3.67. The maximum Gasteiger partial charge on any atom is 0.240 e. The normalized spacial score (nSPS) is 17.2. The van der Waals surface area contributed by atoms with E-state index in [1.165, 1.54) is 16.4 Å². The molecule has 0 saturated carbocycles.